The number of hydrogen-bond donors (Lipinski definition) is 0. The summed E-state index contributed by atoms with van der Waals surface area (Å²) in [6, 6.07) is 4.66. The molecule has 0 spiro atoms. The summed E-state index contributed by atoms with van der Waals surface area (Å²) < 4.78 is 39.3. The molecule has 1 aromatic heterocycles. The Morgan fingerprint density at radius 2 is 1.92 bits per heavy atom. The zero-order valence-corrected chi connectivity index (χ0v) is 14.8. The maximum atomic E-state index is 12.7. The Bertz CT molecular complexity index is 826. The smallest absolute Gasteiger partial charge is 0.243 e. The van der Waals surface area contributed by atoms with Crippen molar-refractivity contribution in [3.8, 4) is 11.5 Å². The van der Waals surface area contributed by atoms with Gasteiger partial charge in [-0.3, -0.25) is 0 Å². The van der Waals surface area contributed by atoms with E-state index in [2.05, 4.69) is 4.98 Å². The number of benzene rings is 1. The molecule has 3 rings (SSSR count). The summed E-state index contributed by atoms with van der Waals surface area (Å²) in [5.74, 6) is 2.15. The van der Waals surface area contributed by atoms with Crippen molar-refractivity contribution in [1.82, 2.24) is 13.9 Å². The van der Waals surface area contributed by atoms with Gasteiger partial charge in [-0.05, 0) is 19.1 Å². The maximum absolute atomic E-state index is 12.7. The van der Waals surface area contributed by atoms with Gasteiger partial charge in [-0.2, -0.15) is 4.31 Å². The third-order valence-electron chi connectivity index (χ3n) is 4.29. The lowest BCUT2D eigenvalue weighted by atomic mass is 10.0. The number of ether oxygens (including phenoxy) is 2. The quantitative estimate of drug-likeness (QED) is 0.789. The van der Waals surface area contributed by atoms with Crippen LogP contribution in [0.5, 0.6) is 11.5 Å². The monoisotopic (exact) mass is 351 g/mol. The van der Waals surface area contributed by atoms with Gasteiger partial charge in [0, 0.05) is 44.0 Å². The lowest BCUT2D eigenvalue weighted by Gasteiger charge is -2.38. The van der Waals surface area contributed by atoms with E-state index in [1.807, 2.05) is 17.7 Å². The van der Waals surface area contributed by atoms with Crippen molar-refractivity contribution in [3.63, 3.8) is 0 Å². The van der Waals surface area contributed by atoms with Gasteiger partial charge in [0.1, 0.15) is 5.82 Å². The van der Waals surface area contributed by atoms with E-state index in [9.17, 15) is 8.42 Å². The second-order valence-corrected chi connectivity index (χ2v) is 7.77. The second-order valence-electron chi connectivity index (χ2n) is 5.83. The van der Waals surface area contributed by atoms with Crippen LogP contribution in [-0.4, -0.2) is 49.6 Å². The van der Waals surface area contributed by atoms with Crippen LogP contribution in [0.1, 0.15) is 5.82 Å². The van der Waals surface area contributed by atoms with Crippen molar-refractivity contribution in [2.24, 2.45) is 5.92 Å². The lowest BCUT2D eigenvalue weighted by molar-refractivity contribution is 0.179. The molecule has 0 amide bonds. The highest BCUT2D eigenvalue weighted by Crippen LogP contribution is 2.33. The molecule has 1 aliphatic heterocycles. The van der Waals surface area contributed by atoms with Crippen LogP contribution in [0.3, 0.4) is 0 Å². The Morgan fingerprint density at radius 3 is 2.50 bits per heavy atom. The number of nitrogens with zero attached hydrogens (tertiary/aromatic N) is 3. The number of methoxy groups -OCH3 is 2. The van der Waals surface area contributed by atoms with Gasteiger partial charge in [-0.1, -0.05) is 0 Å². The van der Waals surface area contributed by atoms with Gasteiger partial charge in [0.15, 0.2) is 11.5 Å². The van der Waals surface area contributed by atoms with Crippen molar-refractivity contribution in [2.45, 2.75) is 18.4 Å². The fourth-order valence-electron chi connectivity index (χ4n) is 2.84. The van der Waals surface area contributed by atoms with Gasteiger partial charge in [0.25, 0.3) is 0 Å². The van der Waals surface area contributed by atoms with Gasteiger partial charge < -0.3 is 14.0 Å². The Labute approximate surface area is 141 Å². The second kappa shape index (κ2) is 6.45. The third-order valence-corrected chi connectivity index (χ3v) is 6.12. The highest BCUT2D eigenvalue weighted by atomic mass is 32.2. The van der Waals surface area contributed by atoms with Crippen LogP contribution >= 0.6 is 0 Å². The molecule has 0 radical (unpaired) electrons. The summed E-state index contributed by atoms with van der Waals surface area (Å²) in [6.45, 7) is 3.74. The molecule has 0 N–H and O–H groups in total. The van der Waals surface area contributed by atoms with Gasteiger partial charge >= 0.3 is 0 Å². The molecule has 8 heteroatoms. The van der Waals surface area contributed by atoms with Crippen LogP contribution in [-0.2, 0) is 16.6 Å². The standard InChI is InChI=1S/C16H21N3O4S/c1-12-17-6-7-18(12)9-13-10-19(11-13)24(20,21)14-4-5-15(22-2)16(8-14)23-3/h4-8,13H,9-11H2,1-3H3. The molecule has 0 aliphatic carbocycles. The summed E-state index contributed by atoms with van der Waals surface area (Å²) in [5.41, 5.74) is 0. The van der Waals surface area contributed by atoms with Crippen LogP contribution in [0.15, 0.2) is 35.5 Å². The van der Waals surface area contributed by atoms with Crippen molar-refractivity contribution < 1.29 is 17.9 Å². The predicted molar refractivity (Wildman–Crippen MR) is 88.8 cm³/mol. The molecule has 7 nitrogen and oxygen atoms in total. The molecular formula is C16H21N3O4S. The summed E-state index contributed by atoms with van der Waals surface area (Å²) in [6.07, 6.45) is 3.67. The highest BCUT2D eigenvalue weighted by molar-refractivity contribution is 7.89. The first-order valence-electron chi connectivity index (χ1n) is 7.65. The van der Waals surface area contributed by atoms with E-state index in [-0.39, 0.29) is 4.90 Å². The molecule has 1 fully saturated rings. The van der Waals surface area contributed by atoms with E-state index in [0.717, 1.165) is 12.4 Å². The minimum Gasteiger partial charge on any atom is -0.493 e. The zero-order chi connectivity index (χ0) is 17.3. The summed E-state index contributed by atoms with van der Waals surface area (Å²) >= 11 is 0. The van der Waals surface area contributed by atoms with Crippen LogP contribution in [0.4, 0.5) is 0 Å². The molecule has 1 aromatic carbocycles. The first-order chi connectivity index (χ1) is 11.5. The molecule has 24 heavy (non-hydrogen) atoms. The van der Waals surface area contributed by atoms with E-state index >= 15 is 0 Å². The van der Waals surface area contributed by atoms with Gasteiger partial charge in [-0.25, -0.2) is 13.4 Å². The topological polar surface area (TPSA) is 73.7 Å². The lowest BCUT2D eigenvalue weighted by Crippen LogP contribution is -2.51. The summed E-state index contributed by atoms with van der Waals surface area (Å²) in [4.78, 5) is 4.40. The van der Waals surface area contributed by atoms with E-state index in [4.69, 9.17) is 9.47 Å². The van der Waals surface area contributed by atoms with Gasteiger partial charge in [0.2, 0.25) is 10.0 Å². The van der Waals surface area contributed by atoms with E-state index in [1.165, 1.54) is 24.6 Å². The summed E-state index contributed by atoms with van der Waals surface area (Å²) in [5, 5.41) is 0. The Hall–Kier alpha value is -2.06. The Balaban J connectivity index is 1.70. The SMILES string of the molecule is COc1ccc(S(=O)(=O)N2CC(Cn3ccnc3C)C2)cc1OC. The van der Waals surface area contributed by atoms with Crippen molar-refractivity contribution in [3.05, 3.63) is 36.4 Å². The normalized spacial score (nSPS) is 16.0. The van der Waals surface area contributed by atoms with Gasteiger partial charge in [-0.15, -0.1) is 0 Å². The molecule has 130 valence electrons. The maximum Gasteiger partial charge on any atom is 0.243 e. The molecule has 1 aliphatic rings. The van der Waals surface area contributed by atoms with E-state index in [0.29, 0.717) is 30.5 Å². The largest absolute Gasteiger partial charge is 0.493 e. The molecule has 2 heterocycles. The van der Waals surface area contributed by atoms with Crippen LogP contribution < -0.4 is 9.47 Å². The molecule has 1 saturated heterocycles. The highest BCUT2D eigenvalue weighted by Gasteiger charge is 2.37. The average molecular weight is 351 g/mol. The minimum atomic E-state index is -3.51. The van der Waals surface area contributed by atoms with Gasteiger partial charge in [0.05, 0.1) is 19.1 Å². The first-order valence-corrected chi connectivity index (χ1v) is 9.09. The number of sulfonamides is 1. The van der Waals surface area contributed by atoms with Crippen molar-refractivity contribution in [1.29, 1.82) is 0 Å². The molecule has 0 bridgehead atoms. The third kappa shape index (κ3) is 2.99. The zero-order valence-electron chi connectivity index (χ0n) is 14.0. The Morgan fingerprint density at radius 1 is 1.21 bits per heavy atom. The number of imidazole rings is 1. The van der Waals surface area contributed by atoms with Crippen LogP contribution in [0.25, 0.3) is 0 Å². The van der Waals surface area contributed by atoms with E-state index in [1.54, 1.807) is 18.3 Å². The van der Waals surface area contributed by atoms with E-state index < -0.39 is 10.0 Å². The minimum absolute atomic E-state index is 0.220. The predicted octanol–water partition coefficient (Wildman–Crippen LogP) is 1.53. The Kier molecular flexibility index (Phi) is 4.51. The van der Waals surface area contributed by atoms with Crippen molar-refractivity contribution in [2.75, 3.05) is 27.3 Å². The molecule has 0 unspecified atom stereocenters. The molecule has 2 aromatic rings. The molecular weight excluding hydrogens is 330 g/mol. The number of hydrogen-bond acceptors (Lipinski definition) is 5. The molecule has 0 atom stereocenters. The molecule has 0 saturated carbocycles. The number of aromatic nitrogens is 2. The number of aryl methyl sites for hydroxylation is 1. The van der Waals surface area contributed by atoms with Crippen LogP contribution in [0, 0.1) is 12.8 Å². The first kappa shape index (κ1) is 16.8. The fraction of sp³-hybridized carbons (Fsp3) is 0.438. The van der Waals surface area contributed by atoms with Crippen LogP contribution in [0.2, 0.25) is 0 Å². The summed E-state index contributed by atoms with van der Waals surface area (Å²) in [7, 11) is -0.503. The number of rotatable bonds is 6. The fourth-order valence-corrected chi connectivity index (χ4v) is 4.44. The van der Waals surface area contributed by atoms with Crippen molar-refractivity contribution >= 4 is 10.0 Å². The average Bonchev–Trinajstić information content (AvgIpc) is 2.94.